The molecule has 3 rings (SSSR count). The van der Waals surface area contributed by atoms with Crippen LogP contribution in [0.2, 0.25) is 0 Å². The van der Waals surface area contributed by atoms with Gasteiger partial charge < -0.3 is 5.73 Å². The van der Waals surface area contributed by atoms with Crippen LogP contribution in [-0.2, 0) is 0 Å². The van der Waals surface area contributed by atoms with Gasteiger partial charge in [-0.15, -0.1) is 0 Å². The van der Waals surface area contributed by atoms with Gasteiger partial charge in [-0.2, -0.15) is 5.10 Å². The minimum absolute atomic E-state index is 0.0818. The maximum absolute atomic E-state index is 5.85. The van der Waals surface area contributed by atoms with Crippen LogP contribution in [0.25, 0.3) is 0 Å². The number of aryl methyl sites for hydroxylation is 1. The number of nitrogens with zero attached hydrogens (tertiary/aromatic N) is 2. The number of rotatable bonds is 2. The molecule has 0 unspecified atom stereocenters. The summed E-state index contributed by atoms with van der Waals surface area (Å²) in [4.78, 5) is 0. The Labute approximate surface area is 130 Å². The molecule has 1 aliphatic rings. The van der Waals surface area contributed by atoms with Gasteiger partial charge in [0, 0.05) is 6.42 Å². The second-order valence-corrected chi connectivity index (χ2v) is 5.64. The van der Waals surface area contributed by atoms with E-state index in [-0.39, 0.29) is 6.04 Å². The van der Waals surface area contributed by atoms with Gasteiger partial charge in [-0.3, -0.25) is 0 Å². The largest absolute Gasteiger partial charge is 0.375 e. The van der Waals surface area contributed by atoms with E-state index in [2.05, 4.69) is 48.4 Å². The van der Waals surface area contributed by atoms with Crippen molar-refractivity contribution < 1.29 is 0 Å². The molecule has 2 aromatic carbocycles. The van der Waals surface area contributed by atoms with Crippen molar-refractivity contribution >= 4 is 23.0 Å². The second kappa shape index (κ2) is 5.66. The lowest BCUT2D eigenvalue weighted by atomic mass is 9.98. The number of benzene rings is 2. The summed E-state index contributed by atoms with van der Waals surface area (Å²) in [5, 5.41) is 6.69. The predicted octanol–water partition coefficient (Wildman–Crippen LogP) is 3.39. The van der Waals surface area contributed by atoms with Crippen LogP contribution >= 0.6 is 12.2 Å². The van der Waals surface area contributed by atoms with E-state index < -0.39 is 0 Å². The van der Waals surface area contributed by atoms with Crippen LogP contribution in [0.5, 0.6) is 0 Å². The maximum Gasteiger partial charge on any atom is 0.187 e. The Balaban J connectivity index is 1.93. The lowest BCUT2D eigenvalue weighted by molar-refractivity contribution is 0.372. The summed E-state index contributed by atoms with van der Waals surface area (Å²) in [6.45, 7) is 2.08. The molecule has 1 aliphatic heterocycles. The minimum atomic E-state index is 0.0818. The van der Waals surface area contributed by atoms with Crippen molar-refractivity contribution in [2.24, 2.45) is 10.8 Å². The van der Waals surface area contributed by atoms with E-state index in [1.807, 2.05) is 18.2 Å². The van der Waals surface area contributed by atoms with Gasteiger partial charge in [0.1, 0.15) is 0 Å². The van der Waals surface area contributed by atoms with E-state index in [4.69, 9.17) is 18.0 Å². The molecule has 1 atom stereocenters. The molecule has 4 heteroatoms. The van der Waals surface area contributed by atoms with Gasteiger partial charge in [-0.05, 0) is 30.3 Å². The van der Waals surface area contributed by atoms with Gasteiger partial charge >= 0.3 is 0 Å². The molecule has 0 aliphatic carbocycles. The van der Waals surface area contributed by atoms with Crippen LogP contribution in [0.1, 0.15) is 29.2 Å². The van der Waals surface area contributed by atoms with Gasteiger partial charge in [-0.1, -0.05) is 60.2 Å². The summed E-state index contributed by atoms with van der Waals surface area (Å²) in [6.07, 6.45) is 0.810. The normalized spacial score (nSPS) is 17.7. The van der Waals surface area contributed by atoms with Crippen LogP contribution in [0, 0.1) is 6.92 Å². The van der Waals surface area contributed by atoms with Gasteiger partial charge in [0.15, 0.2) is 5.11 Å². The summed E-state index contributed by atoms with van der Waals surface area (Å²) in [7, 11) is 0. The quantitative estimate of drug-likeness (QED) is 0.864. The van der Waals surface area contributed by atoms with Crippen molar-refractivity contribution in [2.45, 2.75) is 19.4 Å². The smallest absolute Gasteiger partial charge is 0.187 e. The first kappa shape index (κ1) is 13.8. The highest BCUT2D eigenvalue weighted by molar-refractivity contribution is 7.80. The molecule has 106 valence electrons. The zero-order valence-corrected chi connectivity index (χ0v) is 12.7. The number of thiocarbonyl (C=S) groups is 1. The molecule has 2 N–H and O–H groups in total. The molecule has 0 saturated heterocycles. The van der Waals surface area contributed by atoms with E-state index in [0.717, 1.165) is 17.7 Å². The number of nitrogens with two attached hydrogens (primary N) is 1. The lowest BCUT2D eigenvalue weighted by Crippen LogP contribution is -2.31. The van der Waals surface area contributed by atoms with E-state index in [1.165, 1.54) is 11.1 Å². The molecular formula is C17H17N3S. The van der Waals surface area contributed by atoms with Crippen molar-refractivity contribution in [2.75, 3.05) is 0 Å². The van der Waals surface area contributed by atoms with Crippen LogP contribution in [-0.4, -0.2) is 15.8 Å². The Bertz CT molecular complexity index is 677. The van der Waals surface area contributed by atoms with Crippen molar-refractivity contribution in [3.8, 4) is 0 Å². The molecule has 0 amide bonds. The summed E-state index contributed by atoms with van der Waals surface area (Å²) in [5.41, 5.74) is 10.4. The monoisotopic (exact) mass is 295 g/mol. The molecule has 0 radical (unpaired) electrons. The van der Waals surface area contributed by atoms with Crippen molar-refractivity contribution in [3.05, 3.63) is 71.3 Å². The van der Waals surface area contributed by atoms with Gasteiger partial charge in [-0.25, -0.2) is 5.01 Å². The van der Waals surface area contributed by atoms with Crippen molar-refractivity contribution in [1.82, 2.24) is 5.01 Å². The minimum Gasteiger partial charge on any atom is -0.375 e. The van der Waals surface area contributed by atoms with Gasteiger partial charge in [0.2, 0.25) is 0 Å². The number of hydrogen-bond donors (Lipinski definition) is 1. The summed E-state index contributed by atoms with van der Waals surface area (Å²) >= 11 is 5.16. The molecule has 0 fully saturated rings. The maximum atomic E-state index is 5.85. The standard InChI is InChI=1S/C17H17N3S/c1-12-7-9-14(10-8-12)16-11-15(19-20(16)17(18)21)13-5-3-2-4-6-13/h2-10,16H,11H2,1H3,(H2,18,21)/t16-/m1/s1. The third-order valence-corrected chi connectivity index (χ3v) is 3.89. The van der Waals surface area contributed by atoms with E-state index in [1.54, 1.807) is 5.01 Å². The Morgan fingerprint density at radius 1 is 1.14 bits per heavy atom. The van der Waals surface area contributed by atoms with Crippen molar-refractivity contribution in [3.63, 3.8) is 0 Å². The van der Waals surface area contributed by atoms with E-state index in [9.17, 15) is 0 Å². The molecule has 1 heterocycles. The fourth-order valence-corrected chi connectivity index (χ4v) is 2.73. The molecular weight excluding hydrogens is 278 g/mol. The first-order valence-electron chi connectivity index (χ1n) is 6.93. The molecule has 0 saturated carbocycles. The molecule has 0 spiro atoms. The first-order valence-corrected chi connectivity index (χ1v) is 7.34. The Kier molecular flexibility index (Phi) is 3.71. The van der Waals surface area contributed by atoms with E-state index in [0.29, 0.717) is 5.11 Å². The summed E-state index contributed by atoms with van der Waals surface area (Å²) in [5.74, 6) is 0. The summed E-state index contributed by atoms with van der Waals surface area (Å²) < 4.78 is 0. The number of hydrogen-bond acceptors (Lipinski definition) is 2. The van der Waals surface area contributed by atoms with Crippen LogP contribution in [0.4, 0.5) is 0 Å². The molecule has 2 aromatic rings. The third-order valence-electron chi connectivity index (χ3n) is 3.71. The zero-order chi connectivity index (χ0) is 14.8. The fraction of sp³-hybridized carbons (Fsp3) is 0.176. The highest BCUT2D eigenvalue weighted by Gasteiger charge is 2.30. The van der Waals surface area contributed by atoms with Gasteiger partial charge in [0.25, 0.3) is 0 Å². The SMILES string of the molecule is Cc1ccc([C@H]2CC(c3ccccc3)=NN2C(N)=S)cc1. The van der Waals surface area contributed by atoms with E-state index >= 15 is 0 Å². The average Bonchev–Trinajstić information content (AvgIpc) is 2.94. The Morgan fingerprint density at radius 2 is 1.81 bits per heavy atom. The average molecular weight is 295 g/mol. The molecule has 0 bridgehead atoms. The zero-order valence-electron chi connectivity index (χ0n) is 11.9. The third kappa shape index (κ3) is 2.81. The highest BCUT2D eigenvalue weighted by atomic mass is 32.1. The molecule has 21 heavy (non-hydrogen) atoms. The number of hydrazone groups is 1. The highest BCUT2D eigenvalue weighted by Crippen LogP contribution is 2.32. The Hall–Kier alpha value is -2.20. The summed E-state index contributed by atoms with van der Waals surface area (Å²) in [6, 6.07) is 18.7. The fourth-order valence-electron chi connectivity index (χ4n) is 2.57. The van der Waals surface area contributed by atoms with Gasteiger partial charge in [0.05, 0.1) is 11.8 Å². The molecule has 3 nitrogen and oxygen atoms in total. The topological polar surface area (TPSA) is 41.6 Å². The van der Waals surface area contributed by atoms with Crippen molar-refractivity contribution in [1.29, 1.82) is 0 Å². The first-order chi connectivity index (χ1) is 10.1. The second-order valence-electron chi connectivity index (χ2n) is 5.23. The van der Waals surface area contributed by atoms with Crippen LogP contribution < -0.4 is 5.73 Å². The Morgan fingerprint density at radius 3 is 2.43 bits per heavy atom. The lowest BCUT2D eigenvalue weighted by Gasteiger charge is -2.22. The van der Waals surface area contributed by atoms with Crippen LogP contribution in [0.15, 0.2) is 59.7 Å². The molecule has 0 aromatic heterocycles. The van der Waals surface area contributed by atoms with Crippen LogP contribution in [0.3, 0.4) is 0 Å². The predicted molar refractivity (Wildman–Crippen MR) is 90.1 cm³/mol.